The summed E-state index contributed by atoms with van der Waals surface area (Å²) in [6, 6.07) is 24.9. The summed E-state index contributed by atoms with van der Waals surface area (Å²) in [4.78, 5) is 38.5. The summed E-state index contributed by atoms with van der Waals surface area (Å²) in [5.74, 6) is -1.50. The Labute approximate surface area is 238 Å². The molecule has 0 saturated carbocycles. The van der Waals surface area contributed by atoms with Crippen LogP contribution in [0.25, 0.3) is 11.1 Å². The first-order chi connectivity index (χ1) is 19.5. The summed E-state index contributed by atoms with van der Waals surface area (Å²) in [6.45, 7) is 4.86. The second-order valence-electron chi connectivity index (χ2n) is 10.0. The van der Waals surface area contributed by atoms with Crippen LogP contribution in [-0.4, -0.2) is 35.2 Å². The summed E-state index contributed by atoms with van der Waals surface area (Å²) in [6.07, 6.45) is 1.09. The molecule has 0 N–H and O–H groups in total. The molecule has 1 aromatic heterocycles. The summed E-state index contributed by atoms with van der Waals surface area (Å²) >= 11 is 0. The molecular formula is C31H29NO8S. The molecule has 0 bridgehead atoms. The van der Waals surface area contributed by atoms with Crippen LogP contribution < -0.4 is 0 Å². The van der Waals surface area contributed by atoms with Gasteiger partial charge in [0, 0.05) is 11.8 Å². The van der Waals surface area contributed by atoms with Crippen LogP contribution in [0.2, 0.25) is 0 Å². The molecule has 3 aromatic carbocycles. The van der Waals surface area contributed by atoms with E-state index in [-0.39, 0.29) is 30.0 Å². The third-order valence-electron chi connectivity index (χ3n) is 5.76. The summed E-state index contributed by atoms with van der Waals surface area (Å²) < 4.78 is 43.0. The maximum Gasteiger partial charge on any atom is 0.446 e. The lowest BCUT2D eigenvalue weighted by molar-refractivity contribution is 0.00692. The highest BCUT2D eigenvalue weighted by molar-refractivity contribution is 8.04. The van der Waals surface area contributed by atoms with E-state index < -0.39 is 32.9 Å². The highest BCUT2D eigenvalue weighted by atomic mass is 32.2. The van der Waals surface area contributed by atoms with Crippen molar-refractivity contribution >= 4 is 27.3 Å². The van der Waals surface area contributed by atoms with Gasteiger partial charge in [-0.3, -0.25) is 0 Å². The molecular weight excluding hydrogens is 546 g/mol. The molecule has 4 aromatic rings. The molecule has 4 rings (SSSR count). The second kappa shape index (κ2) is 12.2. The zero-order valence-corrected chi connectivity index (χ0v) is 23.6. The maximum absolute atomic E-state index is 13.3. The Balaban J connectivity index is 1.66. The molecule has 9 nitrogen and oxygen atoms in total. The number of rotatable bonds is 8. The summed E-state index contributed by atoms with van der Waals surface area (Å²) in [5.41, 5.74) is 1.07. The molecule has 212 valence electrons. The summed E-state index contributed by atoms with van der Waals surface area (Å²) in [7, 11) is -4.82. The SMILES string of the molecule is CC(C)(C)OC(=O)c1ccc(-c2ccn(S(=O)(=O)C(=O)OCc3ccccc3)c2C(=O)OCc2ccccc2)cc1. The van der Waals surface area contributed by atoms with Crippen molar-refractivity contribution in [3.05, 3.63) is 120 Å². The Morgan fingerprint density at radius 2 is 1.24 bits per heavy atom. The molecule has 0 unspecified atom stereocenters. The maximum atomic E-state index is 13.3. The highest BCUT2D eigenvalue weighted by Gasteiger charge is 2.33. The van der Waals surface area contributed by atoms with E-state index in [2.05, 4.69) is 0 Å². The molecule has 0 aliphatic rings. The van der Waals surface area contributed by atoms with Gasteiger partial charge in [0.25, 0.3) is 0 Å². The number of carbonyl (C=O) groups is 3. The van der Waals surface area contributed by atoms with Gasteiger partial charge in [-0.15, -0.1) is 0 Å². The van der Waals surface area contributed by atoms with Crippen molar-refractivity contribution in [1.82, 2.24) is 3.97 Å². The monoisotopic (exact) mass is 575 g/mol. The van der Waals surface area contributed by atoms with Crippen LogP contribution in [0.4, 0.5) is 4.79 Å². The molecule has 0 saturated heterocycles. The van der Waals surface area contributed by atoms with E-state index in [4.69, 9.17) is 14.2 Å². The molecule has 0 fully saturated rings. The van der Waals surface area contributed by atoms with E-state index in [1.807, 2.05) is 6.07 Å². The van der Waals surface area contributed by atoms with Crippen molar-refractivity contribution < 1.29 is 37.0 Å². The van der Waals surface area contributed by atoms with Crippen LogP contribution in [0.1, 0.15) is 52.7 Å². The molecule has 0 aliphatic carbocycles. The minimum absolute atomic E-state index is 0.125. The lowest BCUT2D eigenvalue weighted by Gasteiger charge is -2.19. The predicted molar refractivity (Wildman–Crippen MR) is 152 cm³/mol. The number of ether oxygens (including phenoxy) is 3. The number of hydrogen-bond acceptors (Lipinski definition) is 8. The molecule has 0 aliphatic heterocycles. The fourth-order valence-electron chi connectivity index (χ4n) is 3.83. The van der Waals surface area contributed by atoms with Crippen molar-refractivity contribution in [1.29, 1.82) is 0 Å². The van der Waals surface area contributed by atoms with Crippen molar-refractivity contribution in [2.45, 2.75) is 39.6 Å². The van der Waals surface area contributed by atoms with Gasteiger partial charge < -0.3 is 14.2 Å². The number of hydrogen-bond donors (Lipinski definition) is 0. The second-order valence-corrected chi connectivity index (χ2v) is 11.7. The van der Waals surface area contributed by atoms with Crippen molar-refractivity contribution in [2.24, 2.45) is 0 Å². The van der Waals surface area contributed by atoms with E-state index in [0.29, 0.717) is 20.7 Å². The molecule has 0 spiro atoms. The Hall–Kier alpha value is -4.70. The first kappa shape index (κ1) is 29.3. The van der Waals surface area contributed by atoms with Gasteiger partial charge in [-0.1, -0.05) is 72.8 Å². The zero-order chi connectivity index (χ0) is 29.6. The Morgan fingerprint density at radius 1 is 0.707 bits per heavy atom. The normalized spacial score (nSPS) is 11.5. The van der Waals surface area contributed by atoms with E-state index in [1.54, 1.807) is 87.5 Å². The molecule has 41 heavy (non-hydrogen) atoms. The smallest absolute Gasteiger partial charge is 0.446 e. The first-order valence-electron chi connectivity index (χ1n) is 12.7. The van der Waals surface area contributed by atoms with Gasteiger partial charge in [0.2, 0.25) is 0 Å². The quantitative estimate of drug-likeness (QED) is 0.186. The van der Waals surface area contributed by atoms with Crippen molar-refractivity contribution in [3.63, 3.8) is 0 Å². The molecule has 0 amide bonds. The molecule has 1 heterocycles. The van der Waals surface area contributed by atoms with Gasteiger partial charge in [-0.25, -0.2) is 18.4 Å². The topological polar surface area (TPSA) is 118 Å². The average Bonchev–Trinajstić information content (AvgIpc) is 3.41. The van der Waals surface area contributed by atoms with Gasteiger partial charge in [0.15, 0.2) is 0 Å². The van der Waals surface area contributed by atoms with Crippen LogP contribution in [0, 0.1) is 0 Å². The van der Waals surface area contributed by atoms with Crippen LogP contribution in [-0.2, 0) is 37.4 Å². The van der Waals surface area contributed by atoms with Crippen LogP contribution in [0.3, 0.4) is 0 Å². The van der Waals surface area contributed by atoms with Gasteiger partial charge in [0.05, 0.1) is 5.56 Å². The van der Waals surface area contributed by atoms with Gasteiger partial charge >= 0.3 is 27.3 Å². The summed E-state index contributed by atoms with van der Waals surface area (Å²) in [5, 5.41) is -1.53. The van der Waals surface area contributed by atoms with Gasteiger partial charge in [0.1, 0.15) is 24.5 Å². The largest absolute Gasteiger partial charge is 0.456 e. The fourth-order valence-corrected chi connectivity index (χ4v) is 4.84. The molecule has 10 heteroatoms. The third kappa shape index (κ3) is 7.29. The average molecular weight is 576 g/mol. The Kier molecular flexibility index (Phi) is 8.73. The standard InChI is InChI=1S/C31H29NO8S/c1-31(2,3)40-28(33)25-16-14-24(15-17-25)26-18-19-32(27(26)29(34)38-20-22-10-6-4-7-11-22)41(36,37)30(35)39-21-23-12-8-5-9-13-23/h4-19H,20-21H2,1-3H3. The third-order valence-corrected chi connectivity index (χ3v) is 7.12. The number of benzene rings is 3. The number of carbonyl (C=O) groups excluding carboxylic acids is 3. The van der Waals surface area contributed by atoms with Gasteiger partial charge in [-0.2, -0.15) is 8.42 Å². The number of esters is 2. The lowest BCUT2D eigenvalue weighted by Crippen LogP contribution is -2.27. The van der Waals surface area contributed by atoms with E-state index in [0.717, 1.165) is 6.20 Å². The van der Waals surface area contributed by atoms with E-state index in [1.165, 1.54) is 18.2 Å². The van der Waals surface area contributed by atoms with E-state index >= 15 is 0 Å². The van der Waals surface area contributed by atoms with E-state index in [9.17, 15) is 22.8 Å². The van der Waals surface area contributed by atoms with Crippen molar-refractivity contribution in [2.75, 3.05) is 0 Å². The highest BCUT2D eigenvalue weighted by Crippen LogP contribution is 2.29. The Bertz CT molecular complexity index is 1640. The van der Waals surface area contributed by atoms with Crippen LogP contribution in [0.15, 0.2) is 97.2 Å². The minimum Gasteiger partial charge on any atom is -0.456 e. The fraction of sp³-hybridized carbons (Fsp3) is 0.194. The van der Waals surface area contributed by atoms with Crippen LogP contribution in [0.5, 0.6) is 0 Å². The minimum atomic E-state index is -4.82. The first-order valence-corrected chi connectivity index (χ1v) is 14.1. The molecule has 0 radical (unpaired) electrons. The number of aromatic nitrogens is 1. The number of nitrogens with zero attached hydrogens (tertiary/aromatic N) is 1. The predicted octanol–water partition coefficient (Wildman–Crippen LogP) is 5.98. The van der Waals surface area contributed by atoms with Gasteiger partial charge in [-0.05, 0) is 55.7 Å². The Morgan fingerprint density at radius 3 is 1.78 bits per heavy atom. The van der Waals surface area contributed by atoms with Crippen LogP contribution >= 0.6 is 0 Å². The molecule has 0 atom stereocenters. The van der Waals surface area contributed by atoms with Crippen molar-refractivity contribution in [3.8, 4) is 11.1 Å². The lowest BCUT2D eigenvalue weighted by atomic mass is 10.0. The zero-order valence-electron chi connectivity index (χ0n) is 22.8.